The lowest BCUT2D eigenvalue weighted by molar-refractivity contribution is -0.103. The second kappa shape index (κ2) is 28.7. The molecule has 266 valence electrons. The topological polar surface area (TPSA) is 58.9 Å². The summed E-state index contributed by atoms with van der Waals surface area (Å²) in [7, 11) is 0. The van der Waals surface area contributed by atoms with Crippen LogP contribution in [0.2, 0.25) is 0 Å². The van der Waals surface area contributed by atoms with Crippen LogP contribution in [-0.2, 0) is 9.59 Å². The van der Waals surface area contributed by atoms with Gasteiger partial charge in [-0.2, -0.15) is 0 Å². The van der Waals surface area contributed by atoms with E-state index in [9.17, 15) is 9.59 Å². The van der Waals surface area contributed by atoms with Crippen LogP contribution < -0.4 is 0 Å². The van der Waals surface area contributed by atoms with Crippen molar-refractivity contribution in [2.75, 3.05) is 13.1 Å². The van der Waals surface area contributed by atoms with Crippen molar-refractivity contribution in [3.05, 3.63) is 0 Å². The van der Waals surface area contributed by atoms with E-state index < -0.39 is 0 Å². The lowest BCUT2D eigenvalue weighted by atomic mass is 9.52. The van der Waals surface area contributed by atoms with Gasteiger partial charge in [0.15, 0.2) is 12.6 Å². The van der Waals surface area contributed by atoms with Gasteiger partial charge in [-0.1, -0.05) is 149 Å². The molecule has 0 aromatic heterocycles. The van der Waals surface area contributed by atoms with Crippen LogP contribution in [0.15, 0.2) is 9.98 Å². The molecule has 4 nitrogen and oxygen atoms in total. The minimum atomic E-state index is 0.783. The Bertz CT molecular complexity index is 780. The Morgan fingerprint density at radius 1 is 0.457 bits per heavy atom. The maximum Gasteiger partial charge on any atom is 0.160 e. The van der Waals surface area contributed by atoms with E-state index in [4.69, 9.17) is 0 Å². The maximum absolute atomic E-state index is 10.4. The minimum absolute atomic E-state index is 0.783. The molecule has 2 saturated carbocycles. The van der Waals surface area contributed by atoms with Gasteiger partial charge in [0.05, 0.1) is 12.4 Å². The van der Waals surface area contributed by atoms with Crippen molar-refractivity contribution in [2.24, 2.45) is 45.5 Å². The van der Waals surface area contributed by atoms with Crippen LogP contribution >= 0.6 is 0 Å². The van der Waals surface area contributed by atoms with E-state index in [-0.39, 0.29) is 0 Å². The van der Waals surface area contributed by atoms with Crippen LogP contribution in [0.1, 0.15) is 194 Å². The first-order valence-electron chi connectivity index (χ1n) is 20.6. The molecule has 0 spiro atoms. The molecule has 0 saturated heterocycles. The van der Waals surface area contributed by atoms with Gasteiger partial charge in [-0.05, 0) is 80.5 Å². The van der Waals surface area contributed by atoms with Gasteiger partial charge < -0.3 is 0 Å². The molecular formula is C42H76N2O2. The van der Waals surface area contributed by atoms with Gasteiger partial charge in [0.1, 0.15) is 0 Å². The average Bonchev–Trinajstić information content (AvgIpc) is 3.07. The van der Waals surface area contributed by atoms with Crippen molar-refractivity contribution >= 4 is 25.0 Å². The Morgan fingerprint density at radius 3 is 1.46 bits per heavy atom. The number of aliphatic imine (C=N–C) groups is 2. The van der Waals surface area contributed by atoms with E-state index in [1.54, 1.807) is 0 Å². The smallest absolute Gasteiger partial charge is 0.160 e. The Kier molecular flexibility index (Phi) is 25.5. The maximum atomic E-state index is 10.4. The van der Waals surface area contributed by atoms with Crippen molar-refractivity contribution in [2.45, 2.75) is 194 Å². The van der Waals surface area contributed by atoms with Crippen molar-refractivity contribution < 1.29 is 9.59 Å². The normalized spacial score (nSPS) is 24.9. The van der Waals surface area contributed by atoms with E-state index in [1.165, 1.54) is 179 Å². The SMILES string of the molecule is CCCCCCC1CCC2C(CCCCC)CCC(CCCCCCCCCN=CC=O)C2C1CCCCCCCCN=CC=O. The molecule has 0 heterocycles. The number of nitrogens with zero attached hydrogens (tertiary/aromatic N) is 2. The minimum Gasteiger partial charge on any atom is -0.297 e. The average molecular weight is 641 g/mol. The summed E-state index contributed by atoms with van der Waals surface area (Å²) in [5.41, 5.74) is 0. The van der Waals surface area contributed by atoms with Crippen molar-refractivity contribution in [1.82, 2.24) is 0 Å². The second-order valence-corrected chi connectivity index (χ2v) is 15.2. The number of hydrogen-bond donors (Lipinski definition) is 0. The van der Waals surface area contributed by atoms with Crippen LogP contribution in [0.4, 0.5) is 0 Å². The summed E-state index contributed by atoms with van der Waals surface area (Å²) >= 11 is 0. The number of unbranched alkanes of at least 4 members (excludes halogenated alkanes) is 16. The summed E-state index contributed by atoms with van der Waals surface area (Å²) in [6, 6.07) is 0. The molecule has 6 unspecified atom stereocenters. The first-order chi connectivity index (χ1) is 22.8. The molecule has 0 aromatic rings. The summed E-state index contributed by atoms with van der Waals surface area (Å²) in [6.45, 7) is 6.34. The van der Waals surface area contributed by atoms with Crippen LogP contribution in [0.5, 0.6) is 0 Å². The zero-order valence-corrected chi connectivity index (χ0v) is 30.7. The molecule has 2 fully saturated rings. The molecule has 0 aromatic carbocycles. The third-order valence-corrected chi connectivity index (χ3v) is 11.9. The van der Waals surface area contributed by atoms with Crippen molar-refractivity contribution in [3.63, 3.8) is 0 Å². The number of carbonyl (C=O) groups is 2. The molecule has 0 aliphatic heterocycles. The van der Waals surface area contributed by atoms with E-state index in [0.717, 1.165) is 74.0 Å². The molecule has 6 atom stereocenters. The number of fused-ring (bicyclic) bond motifs is 1. The van der Waals surface area contributed by atoms with Gasteiger partial charge in [-0.3, -0.25) is 19.6 Å². The van der Waals surface area contributed by atoms with Gasteiger partial charge in [-0.25, -0.2) is 0 Å². The Balaban J connectivity index is 1.94. The highest BCUT2D eigenvalue weighted by atomic mass is 16.1. The molecular weight excluding hydrogens is 564 g/mol. The fourth-order valence-electron chi connectivity index (χ4n) is 9.52. The van der Waals surface area contributed by atoms with Crippen LogP contribution in [0.25, 0.3) is 0 Å². The molecule has 0 radical (unpaired) electrons. The summed E-state index contributed by atoms with van der Waals surface area (Å²) in [5, 5.41) is 0. The summed E-state index contributed by atoms with van der Waals surface area (Å²) in [4.78, 5) is 29.1. The van der Waals surface area contributed by atoms with Crippen molar-refractivity contribution in [1.29, 1.82) is 0 Å². The number of hydrogen-bond acceptors (Lipinski definition) is 4. The predicted octanol–water partition coefficient (Wildman–Crippen LogP) is 12.2. The second-order valence-electron chi connectivity index (χ2n) is 15.2. The standard InChI is InChI=1S/C42H76N2O2/c1-3-5-7-18-24-38-29-30-41-37(23-17-6-4-2)27-28-39(25-19-13-9-8-11-15-21-31-43-33-35-45)42(41)40(38)26-20-14-10-12-16-22-32-44-34-36-46/h33-42H,3-32H2,1-2H3. The molecule has 2 aliphatic rings. The number of aldehydes is 2. The zero-order chi connectivity index (χ0) is 32.9. The van der Waals surface area contributed by atoms with Gasteiger partial charge >= 0.3 is 0 Å². The zero-order valence-electron chi connectivity index (χ0n) is 30.7. The predicted molar refractivity (Wildman–Crippen MR) is 200 cm³/mol. The van der Waals surface area contributed by atoms with E-state index in [0.29, 0.717) is 0 Å². The Labute approximate surface area is 286 Å². The first kappa shape index (κ1) is 40.9. The number of rotatable bonds is 30. The van der Waals surface area contributed by atoms with Crippen LogP contribution in [-0.4, -0.2) is 38.1 Å². The Morgan fingerprint density at radius 2 is 0.870 bits per heavy atom. The first-order valence-corrected chi connectivity index (χ1v) is 20.6. The summed E-state index contributed by atoms with van der Waals surface area (Å²) in [5.74, 6) is 5.99. The van der Waals surface area contributed by atoms with Gasteiger partial charge in [-0.15, -0.1) is 0 Å². The van der Waals surface area contributed by atoms with Gasteiger partial charge in [0, 0.05) is 13.1 Å². The fraction of sp³-hybridized carbons (Fsp3) is 0.905. The van der Waals surface area contributed by atoms with E-state index in [2.05, 4.69) is 23.8 Å². The third kappa shape index (κ3) is 17.7. The number of carbonyl (C=O) groups excluding carboxylic acids is 2. The highest BCUT2D eigenvalue weighted by Crippen LogP contribution is 2.55. The highest BCUT2D eigenvalue weighted by molar-refractivity contribution is 6.13. The molecule has 4 heteroatoms. The molecule has 2 rings (SSSR count). The third-order valence-electron chi connectivity index (χ3n) is 11.9. The van der Waals surface area contributed by atoms with Gasteiger partial charge in [0.25, 0.3) is 0 Å². The molecule has 46 heavy (non-hydrogen) atoms. The van der Waals surface area contributed by atoms with Crippen LogP contribution in [0, 0.1) is 35.5 Å². The molecule has 0 amide bonds. The highest BCUT2D eigenvalue weighted by Gasteiger charge is 2.47. The monoisotopic (exact) mass is 641 g/mol. The summed E-state index contributed by atoms with van der Waals surface area (Å²) in [6.07, 6.45) is 43.6. The lowest BCUT2D eigenvalue weighted by Gasteiger charge is -2.53. The lowest BCUT2D eigenvalue weighted by Crippen LogP contribution is -2.45. The van der Waals surface area contributed by atoms with Crippen LogP contribution in [0.3, 0.4) is 0 Å². The summed E-state index contributed by atoms with van der Waals surface area (Å²) < 4.78 is 0. The largest absolute Gasteiger partial charge is 0.297 e. The fourth-order valence-corrected chi connectivity index (χ4v) is 9.52. The van der Waals surface area contributed by atoms with Gasteiger partial charge in [0.2, 0.25) is 0 Å². The molecule has 2 aliphatic carbocycles. The van der Waals surface area contributed by atoms with Crippen molar-refractivity contribution in [3.8, 4) is 0 Å². The quantitative estimate of drug-likeness (QED) is 0.0445. The van der Waals surface area contributed by atoms with E-state index >= 15 is 0 Å². The van der Waals surface area contributed by atoms with E-state index in [1.807, 2.05) is 0 Å². The molecule has 0 bridgehead atoms. The molecule has 0 N–H and O–H groups in total. The Hall–Kier alpha value is -1.32.